The van der Waals surface area contributed by atoms with Crippen molar-refractivity contribution in [2.45, 2.75) is 13.5 Å². The Kier molecular flexibility index (Phi) is 4.29. The number of esters is 1. The van der Waals surface area contributed by atoms with Gasteiger partial charge in [0.1, 0.15) is 6.07 Å². The van der Waals surface area contributed by atoms with Crippen molar-refractivity contribution >= 4 is 17.6 Å². The van der Waals surface area contributed by atoms with Crippen LogP contribution in [0.5, 0.6) is 0 Å². The Balaban J connectivity index is 3.24. The van der Waals surface area contributed by atoms with Gasteiger partial charge < -0.3 is 10.5 Å². The fourth-order valence-corrected chi connectivity index (χ4v) is 1.48. The van der Waals surface area contributed by atoms with Gasteiger partial charge in [0.05, 0.1) is 22.8 Å². The minimum atomic E-state index is -0.477. The van der Waals surface area contributed by atoms with E-state index in [1.165, 1.54) is 12.1 Å². The SMILES string of the molecule is CCOC(=O)c1cc(Cl)c(C#N)cc1CN. The molecule has 0 amide bonds. The summed E-state index contributed by atoms with van der Waals surface area (Å²) >= 11 is 5.83. The number of nitrogens with zero attached hydrogens (tertiary/aromatic N) is 1. The monoisotopic (exact) mass is 238 g/mol. The Bertz CT molecular complexity index is 452. The van der Waals surface area contributed by atoms with E-state index in [2.05, 4.69) is 0 Å². The first-order valence-electron chi connectivity index (χ1n) is 4.73. The normalized spacial score (nSPS) is 9.62. The third kappa shape index (κ3) is 2.51. The van der Waals surface area contributed by atoms with Crippen molar-refractivity contribution in [1.29, 1.82) is 5.26 Å². The number of nitrogens with two attached hydrogens (primary N) is 1. The van der Waals surface area contributed by atoms with Crippen LogP contribution >= 0.6 is 11.6 Å². The molecular weight excluding hydrogens is 228 g/mol. The van der Waals surface area contributed by atoms with Gasteiger partial charge in [-0.05, 0) is 24.6 Å². The fraction of sp³-hybridized carbons (Fsp3) is 0.273. The molecule has 5 heteroatoms. The number of halogens is 1. The largest absolute Gasteiger partial charge is 0.462 e. The lowest BCUT2D eigenvalue weighted by atomic mass is 10.0. The predicted molar refractivity (Wildman–Crippen MR) is 60.0 cm³/mol. The number of benzene rings is 1. The van der Waals surface area contributed by atoms with Crippen molar-refractivity contribution < 1.29 is 9.53 Å². The highest BCUT2D eigenvalue weighted by atomic mass is 35.5. The number of carbonyl (C=O) groups is 1. The van der Waals surface area contributed by atoms with E-state index in [0.717, 1.165) is 0 Å². The van der Waals surface area contributed by atoms with Crippen molar-refractivity contribution in [1.82, 2.24) is 0 Å². The summed E-state index contributed by atoms with van der Waals surface area (Å²) in [5, 5.41) is 9.00. The first-order valence-corrected chi connectivity index (χ1v) is 5.11. The van der Waals surface area contributed by atoms with Gasteiger partial charge in [-0.2, -0.15) is 5.26 Å². The quantitative estimate of drug-likeness (QED) is 0.816. The minimum absolute atomic E-state index is 0.153. The summed E-state index contributed by atoms with van der Waals surface area (Å²) in [6.07, 6.45) is 0. The fourth-order valence-electron chi connectivity index (χ4n) is 1.27. The van der Waals surface area contributed by atoms with Crippen molar-refractivity contribution in [2.24, 2.45) is 5.73 Å². The van der Waals surface area contributed by atoms with Crippen LogP contribution in [0, 0.1) is 11.3 Å². The molecule has 0 saturated heterocycles. The molecule has 0 heterocycles. The lowest BCUT2D eigenvalue weighted by molar-refractivity contribution is 0.0525. The summed E-state index contributed by atoms with van der Waals surface area (Å²) in [7, 11) is 0. The van der Waals surface area contributed by atoms with Gasteiger partial charge in [0.15, 0.2) is 0 Å². The zero-order chi connectivity index (χ0) is 12.1. The number of hydrogen-bond donors (Lipinski definition) is 1. The average Bonchev–Trinajstić information content (AvgIpc) is 2.29. The number of hydrogen-bond acceptors (Lipinski definition) is 4. The Morgan fingerprint density at radius 2 is 2.31 bits per heavy atom. The van der Waals surface area contributed by atoms with E-state index in [4.69, 9.17) is 27.3 Å². The van der Waals surface area contributed by atoms with Crippen LogP contribution in [0.1, 0.15) is 28.4 Å². The highest BCUT2D eigenvalue weighted by Crippen LogP contribution is 2.21. The van der Waals surface area contributed by atoms with Crippen LogP contribution in [0.2, 0.25) is 5.02 Å². The van der Waals surface area contributed by atoms with Crippen molar-refractivity contribution in [2.75, 3.05) is 6.61 Å². The standard InChI is InChI=1S/C11H11ClN2O2/c1-2-16-11(15)9-4-10(12)8(6-14)3-7(9)5-13/h3-4H,2,5,13H2,1H3. The highest BCUT2D eigenvalue weighted by molar-refractivity contribution is 6.32. The molecular formula is C11H11ClN2O2. The van der Waals surface area contributed by atoms with Gasteiger partial charge in [0.2, 0.25) is 0 Å². The third-order valence-electron chi connectivity index (χ3n) is 2.03. The van der Waals surface area contributed by atoms with Gasteiger partial charge in [-0.15, -0.1) is 0 Å². The second kappa shape index (κ2) is 5.50. The van der Waals surface area contributed by atoms with E-state index in [1.54, 1.807) is 6.92 Å². The van der Waals surface area contributed by atoms with Crippen LogP contribution in [0.3, 0.4) is 0 Å². The summed E-state index contributed by atoms with van der Waals surface area (Å²) in [6.45, 7) is 2.14. The summed E-state index contributed by atoms with van der Waals surface area (Å²) < 4.78 is 4.86. The number of nitriles is 1. The molecule has 0 spiro atoms. The molecule has 0 saturated carbocycles. The first-order chi connectivity index (χ1) is 7.63. The van der Waals surface area contributed by atoms with E-state index in [-0.39, 0.29) is 18.2 Å². The smallest absolute Gasteiger partial charge is 0.338 e. The van der Waals surface area contributed by atoms with E-state index in [1.807, 2.05) is 6.07 Å². The maximum atomic E-state index is 11.6. The second-order valence-electron chi connectivity index (χ2n) is 3.03. The van der Waals surface area contributed by atoms with E-state index >= 15 is 0 Å². The molecule has 1 rings (SSSR count). The lowest BCUT2D eigenvalue weighted by Crippen LogP contribution is -2.11. The lowest BCUT2D eigenvalue weighted by Gasteiger charge is -2.08. The maximum Gasteiger partial charge on any atom is 0.338 e. The molecule has 0 aliphatic carbocycles. The number of ether oxygens (including phenoxy) is 1. The summed E-state index contributed by atoms with van der Waals surface area (Å²) in [4.78, 5) is 11.6. The molecule has 0 radical (unpaired) electrons. The van der Waals surface area contributed by atoms with Crippen molar-refractivity contribution in [3.8, 4) is 6.07 Å². The predicted octanol–water partition coefficient (Wildman–Crippen LogP) is 1.85. The molecule has 84 valence electrons. The third-order valence-corrected chi connectivity index (χ3v) is 2.34. The van der Waals surface area contributed by atoms with Crippen LogP contribution in [-0.4, -0.2) is 12.6 Å². The minimum Gasteiger partial charge on any atom is -0.462 e. The second-order valence-corrected chi connectivity index (χ2v) is 3.43. The van der Waals surface area contributed by atoms with E-state index in [9.17, 15) is 4.79 Å². The van der Waals surface area contributed by atoms with Crippen molar-refractivity contribution in [3.05, 3.63) is 33.8 Å². The van der Waals surface area contributed by atoms with Crippen LogP contribution < -0.4 is 5.73 Å². The highest BCUT2D eigenvalue weighted by Gasteiger charge is 2.14. The van der Waals surface area contributed by atoms with Crippen LogP contribution in [-0.2, 0) is 11.3 Å². The summed E-state index contributed by atoms with van der Waals surface area (Å²) in [5.74, 6) is -0.477. The molecule has 0 fully saturated rings. The Morgan fingerprint density at radius 3 is 2.81 bits per heavy atom. The van der Waals surface area contributed by atoms with Gasteiger partial charge in [-0.25, -0.2) is 4.79 Å². The van der Waals surface area contributed by atoms with Crippen LogP contribution in [0.15, 0.2) is 12.1 Å². The molecule has 0 bridgehead atoms. The van der Waals surface area contributed by atoms with Gasteiger partial charge in [0.25, 0.3) is 0 Å². The zero-order valence-corrected chi connectivity index (χ0v) is 9.54. The Morgan fingerprint density at radius 1 is 1.62 bits per heavy atom. The maximum absolute atomic E-state index is 11.6. The van der Waals surface area contributed by atoms with Gasteiger partial charge >= 0.3 is 5.97 Å². The summed E-state index contributed by atoms with van der Waals surface area (Å²) in [5.41, 5.74) is 6.67. The van der Waals surface area contributed by atoms with Crippen LogP contribution in [0.25, 0.3) is 0 Å². The van der Waals surface area contributed by atoms with Gasteiger partial charge in [-0.1, -0.05) is 11.6 Å². The molecule has 0 aliphatic rings. The molecule has 2 N–H and O–H groups in total. The molecule has 16 heavy (non-hydrogen) atoms. The van der Waals surface area contributed by atoms with Gasteiger partial charge in [0, 0.05) is 6.54 Å². The van der Waals surface area contributed by atoms with Crippen LogP contribution in [0.4, 0.5) is 0 Å². The van der Waals surface area contributed by atoms with E-state index in [0.29, 0.717) is 16.7 Å². The number of rotatable bonds is 3. The molecule has 0 atom stereocenters. The molecule has 1 aromatic carbocycles. The summed E-state index contributed by atoms with van der Waals surface area (Å²) in [6, 6.07) is 4.85. The molecule has 0 unspecified atom stereocenters. The molecule has 0 aromatic heterocycles. The van der Waals surface area contributed by atoms with Gasteiger partial charge in [-0.3, -0.25) is 0 Å². The Hall–Kier alpha value is -1.57. The van der Waals surface area contributed by atoms with Crippen molar-refractivity contribution in [3.63, 3.8) is 0 Å². The number of carbonyl (C=O) groups excluding carboxylic acids is 1. The Labute approximate surface area is 98.6 Å². The topological polar surface area (TPSA) is 76.1 Å². The van der Waals surface area contributed by atoms with E-state index < -0.39 is 5.97 Å². The average molecular weight is 239 g/mol. The molecule has 4 nitrogen and oxygen atoms in total. The first kappa shape index (κ1) is 12.5. The zero-order valence-electron chi connectivity index (χ0n) is 8.79. The molecule has 1 aromatic rings. The molecule has 0 aliphatic heterocycles.